The van der Waals surface area contributed by atoms with Gasteiger partial charge in [0, 0.05) is 13.1 Å². The third-order valence-electron chi connectivity index (χ3n) is 3.01. The largest absolute Gasteiger partial charge is 0.457 e. The smallest absolute Gasteiger partial charge is 0.138 e. The maximum Gasteiger partial charge on any atom is 0.138 e. The van der Waals surface area contributed by atoms with Crippen LogP contribution >= 0.6 is 0 Å². The van der Waals surface area contributed by atoms with E-state index in [-0.39, 0.29) is 0 Å². The van der Waals surface area contributed by atoms with E-state index in [0.717, 1.165) is 42.4 Å². The van der Waals surface area contributed by atoms with Crippen molar-refractivity contribution in [3.8, 4) is 11.5 Å². The van der Waals surface area contributed by atoms with Gasteiger partial charge >= 0.3 is 0 Å². The van der Waals surface area contributed by atoms with Crippen LogP contribution in [0.2, 0.25) is 0 Å². The van der Waals surface area contributed by atoms with Gasteiger partial charge in [-0.1, -0.05) is 30.3 Å². The summed E-state index contributed by atoms with van der Waals surface area (Å²) in [6.07, 6.45) is 1.09. The summed E-state index contributed by atoms with van der Waals surface area (Å²) < 4.78 is 5.94. The van der Waals surface area contributed by atoms with Crippen molar-refractivity contribution in [3.05, 3.63) is 60.2 Å². The first-order valence-corrected chi connectivity index (χ1v) is 6.54. The minimum Gasteiger partial charge on any atom is -0.457 e. The molecular weight excluding hydrogens is 236 g/mol. The van der Waals surface area contributed by atoms with E-state index in [2.05, 4.69) is 10.3 Å². The van der Waals surface area contributed by atoms with E-state index in [1.165, 1.54) is 0 Å². The second kappa shape index (κ2) is 5.57. The Morgan fingerprint density at radius 3 is 2.53 bits per heavy atom. The molecule has 0 bridgehead atoms. The number of benzene rings is 2. The molecule has 0 saturated heterocycles. The predicted molar refractivity (Wildman–Crippen MR) is 77.0 cm³/mol. The van der Waals surface area contributed by atoms with E-state index in [9.17, 15) is 0 Å². The molecule has 3 heteroatoms. The lowest BCUT2D eigenvalue weighted by molar-refractivity contribution is 0.481. The van der Waals surface area contributed by atoms with Gasteiger partial charge in [-0.25, -0.2) is 0 Å². The zero-order valence-electron chi connectivity index (χ0n) is 10.7. The highest BCUT2D eigenvalue weighted by Gasteiger charge is 2.12. The molecule has 0 fully saturated rings. The number of amidine groups is 1. The van der Waals surface area contributed by atoms with Crippen LogP contribution in [-0.4, -0.2) is 18.9 Å². The first kappa shape index (κ1) is 11.8. The number of para-hydroxylation sites is 2. The van der Waals surface area contributed by atoms with Crippen LogP contribution in [0.15, 0.2) is 59.6 Å². The monoisotopic (exact) mass is 252 g/mol. The van der Waals surface area contributed by atoms with E-state index in [1.54, 1.807) is 0 Å². The number of nitrogens with zero attached hydrogens (tertiary/aromatic N) is 1. The Labute approximate surface area is 113 Å². The van der Waals surface area contributed by atoms with Crippen molar-refractivity contribution in [1.29, 1.82) is 0 Å². The number of aliphatic imine (C=N–C) groups is 1. The average molecular weight is 252 g/mol. The number of hydrogen-bond donors (Lipinski definition) is 1. The number of ether oxygens (including phenoxy) is 1. The second-order valence-corrected chi connectivity index (χ2v) is 4.42. The minimum absolute atomic E-state index is 0.835. The molecule has 3 nitrogen and oxygen atoms in total. The topological polar surface area (TPSA) is 33.6 Å². The van der Waals surface area contributed by atoms with Crippen LogP contribution in [0.4, 0.5) is 0 Å². The lowest BCUT2D eigenvalue weighted by Crippen LogP contribution is -2.30. The molecule has 3 rings (SSSR count). The molecule has 0 aromatic heterocycles. The van der Waals surface area contributed by atoms with Gasteiger partial charge in [0.25, 0.3) is 0 Å². The normalized spacial score (nSPS) is 14.4. The van der Waals surface area contributed by atoms with Gasteiger partial charge in [0.05, 0.1) is 5.56 Å². The highest BCUT2D eigenvalue weighted by atomic mass is 16.5. The first-order valence-electron chi connectivity index (χ1n) is 6.54. The van der Waals surface area contributed by atoms with Crippen LogP contribution in [0.3, 0.4) is 0 Å². The van der Waals surface area contributed by atoms with Crippen LogP contribution in [0.5, 0.6) is 11.5 Å². The molecule has 2 aromatic carbocycles. The molecule has 1 aliphatic rings. The van der Waals surface area contributed by atoms with Crippen molar-refractivity contribution in [2.75, 3.05) is 13.1 Å². The van der Waals surface area contributed by atoms with Gasteiger partial charge in [-0.2, -0.15) is 0 Å². The SMILES string of the molecule is c1ccc(Oc2ccccc2C2=NCCCN2)cc1. The highest BCUT2D eigenvalue weighted by Crippen LogP contribution is 2.25. The summed E-state index contributed by atoms with van der Waals surface area (Å²) in [5.41, 5.74) is 1.02. The molecule has 0 amide bonds. The van der Waals surface area contributed by atoms with Crippen LogP contribution in [0.25, 0.3) is 0 Å². The first-order chi connectivity index (χ1) is 9.43. The molecule has 0 radical (unpaired) electrons. The van der Waals surface area contributed by atoms with Gasteiger partial charge < -0.3 is 10.1 Å². The fourth-order valence-electron chi connectivity index (χ4n) is 2.08. The fraction of sp³-hybridized carbons (Fsp3) is 0.188. The van der Waals surface area contributed by atoms with Crippen LogP contribution < -0.4 is 10.1 Å². The maximum atomic E-state index is 5.94. The summed E-state index contributed by atoms with van der Waals surface area (Å²) in [6, 6.07) is 17.8. The van der Waals surface area contributed by atoms with Crippen LogP contribution in [0.1, 0.15) is 12.0 Å². The fourth-order valence-corrected chi connectivity index (χ4v) is 2.08. The van der Waals surface area contributed by atoms with Gasteiger partial charge in [0.2, 0.25) is 0 Å². The summed E-state index contributed by atoms with van der Waals surface area (Å²) in [6.45, 7) is 1.85. The lowest BCUT2D eigenvalue weighted by atomic mass is 10.1. The third-order valence-corrected chi connectivity index (χ3v) is 3.01. The van der Waals surface area contributed by atoms with Gasteiger partial charge in [0.15, 0.2) is 0 Å². The zero-order chi connectivity index (χ0) is 12.9. The zero-order valence-corrected chi connectivity index (χ0v) is 10.7. The quantitative estimate of drug-likeness (QED) is 0.910. The standard InChI is InChI=1S/C16H16N2O/c1-2-7-13(8-3-1)19-15-10-5-4-9-14(15)16-17-11-6-12-18-16/h1-5,7-10H,6,11-12H2,(H,17,18). The average Bonchev–Trinajstić information content (AvgIpc) is 2.50. The molecule has 1 aliphatic heterocycles. The molecular formula is C16H16N2O. The predicted octanol–water partition coefficient (Wildman–Crippen LogP) is 3.22. The molecule has 2 aromatic rings. The Kier molecular flexibility index (Phi) is 3.45. The summed E-state index contributed by atoms with van der Waals surface area (Å²) >= 11 is 0. The Morgan fingerprint density at radius 2 is 1.74 bits per heavy atom. The second-order valence-electron chi connectivity index (χ2n) is 4.42. The van der Waals surface area contributed by atoms with Crippen molar-refractivity contribution in [3.63, 3.8) is 0 Å². The molecule has 19 heavy (non-hydrogen) atoms. The maximum absolute atomic E-state index is 5.94. The minimum atomic E-state index is 0.835. The van der Waals surface area contributed by atoms with E-state index >= 15 is 0 Å². The molecule has 0 aliphatic carbocycles. The van der Waals surface area contributed by atoms with Crippen molar-refractivity contribution >= 4 is 5.84 Å². The molecule has 0 unspecified atom stereocenters. The van der Waals surface area contributed by atoms with Crippen molar-refractivity contribution < 1.29 is 4.74 Å². The number of nitrogens with one attached hydrogen (secondary N) is 1. The number of hydrogen-bond acceptors (Lipinski definition) is 3. The Balaban J connectivity index is 1.91. The highest BCUT2D eigenvalue weighted by molar-refractivity contribution is 6.01. The Morgan fingerprint density at radius 1 is 0.947 bits per heavy atom. The van der Waals surface area contributed by atoms with E-state index in [1.807, 2.05) is 54.6 Å². The van der Waals surface area contributed by atoms with Crippen molar-refractivity contribution in [2.24, 2.45) is 4.99 Å². The van der Waals surface area contributed by atoms with Crippen molar-refractivity contribution in [1.82, 2.24) is 5.32 Å². The third kappa shape index (κ3) is 2.76. The molecule has 0 atom stereocenters. The molecule has 0 spiro atoms. The van der Waals surface area contributed by atoms with Crippen LogP contribution in [0, 0.1) is 0 Å². The number of rotatable bonds is 3. The van der Waals surface area contributed by atoms with Gasteiger partial charge in [-0.05, 0) is 30.7 Å². The van der Waals surface area contributed by atoms with Gasteiger partial charge in [0.1, 0.15) is 17.3 Å². The Hall–Kier alpha value is -2.29. The summed E-state index contributed by atoms with van der Waals surface area (Å²) in [5, 5.41) is 3.33. The lowest BCUT2D eigenvalue weighted by Gasteiger charge is -2.17. The summed E-state index contributed by atoms with van der Waals surface area (Å²) in [5.74, 6) is 2.60. The van der Waals surface area contributed by atoms with E-state index < -0.39 is 0 Å². The molecule has 0 saturated carbocycles. The van der Waals surface area contributed by atoms with E-state index in [0.29, 0.717) is 0 Å². The molecule has 1 heterocycles. The summed E-state index contributed by atoms with van der Waals surface area (Å²) in [4.78, 5) is 4.53. The van der Waals surface area contributed by atoms with Crippen molar-refractivity contribution in [2.45, 2.75) is 6.42 Å². The van der Waals surface area contributed by atoms with Crippen LogP contribution in [-0.2, 0) is 0 Å². The molecule has 96 valence electrons. The van der Waals surface area contributed by atoms with Gasteiger partial charge in [-0.3, -0.25) is 4.99 Å². The summed E-state index contributed by atoms with van der Waals surface area (Å²) in [7, 11) is 0. The van der Waals surface area contributed by atoms with Gasteiger partial charge in [-0.15, -0.1) is 0 Å². The Bertz CT molecular complexity index is 578. The van der Waals surface area contributed by atoms with E-state index in [4.69, 9.17) is 4.74 Å². The molecule has 1 N–H and O–H groups in total.